The number of aromatic amines is 1. The molecule has 2 heterocycles. The van der Waals surface area contributed by atoms with Gasteiger partial charge in [-0.05, 0) is 30.3 Å². The quantitative estimate of drug-likeness (QED) is 0.434. The van der Waals surface area contributed by atoms with Crippen molar-refractivity contribution in [1.29, 1.82) is 0 Å². The number of fused-ring (bicyclic) bond motifs is 1. The molecular formula is C22H25N5O5S. The van der Waals surface area contributed by atoms with Gasteiger partial charge in [-0.2, -0.15) is 4.31 Å². The summed E-state index contributed by atoms with van der Waals surface area (Å²) in [5.74, 6) is -0.899. The van der Waals surface area contributed by atoms with Gasteiger partial charge >= 0.3 is 0 Å². The lowest BCUT2D eigenvalue weighted by Crippen LogP contribution is -2.31. The van der Waals surface area contributed by atoms with Gasteiger partial charge in [0.2, 0.25) is 21.5 Å². The van der Waals surface area contributed by atoms with Gasteiger partial charge in [0.25, 0.3) is 5.91 Å². The fourth-order valence-electron chi connectivity index (χ4n) is 3.34. The van der Waals surface area contributed by atoms with Crippen LogP contribution in [0.1, 0.15) is 30.6 Å². The number of carbonyl (C=O) groups excluding carboxylic acids is 2. The van der Waals surface area contributed by atoms with Crippen molar-refractivity contribution in [2.45, 2.75) is 25.2 Å². The minimum absolute atomic E-state index is 0.00332. The Labute approximate surface area is 191 Å². The number of aromatic nitrogens is 2. The number of pyridine rings is 2. The van der Waals surface area contributed by atoms with Gasteiger partial charge in [-0.1, -0.05) is 13.8 Å². The maximum absolute atomic E-state index is 12.9. The van der Waals surface area contributed by atoms with E-state index in [0.29, 0.717) is 29.7 Å². The van der Waals surface area contributed by atoms with E-state index in [0.717, 1.165) is 6.07 Å². The lowest BCUT2D eigenvalue weighted by Gasteiger charge is -2.19. The zero-order valence-corrected chi connectivity index (χ0v) is 19.1. The molecule has 2 aromatic heterocycles. The molecule has 2 amide bonds. The fourth-order valence-corrected chi connectivity index (χ4v) is 4.82. The van der Waals surface area contributed by atoms with E-state index in [4.69, 9.17) is 0 Å². The van der Waals surface area contributed by atoms with E-state index < -0.39 is 21.5 Å². The van der Waals surface area contributed by atoms with Crippen LogP contribution in [0.15, 0.2) is 58.5 Å². The van der Waals surface area contributed by atoms with Crippen LogP contribution in [0, 0.1) is 0 Å². The summed E-state index contributed by atoms with van der Waals surface area (Å²) in [4.78, 5) is 43.4. The van der Waals surface area contributed by atoms with Gasteiger partial charge in [0, 0.05) is 49.2 Å². The second kappa shape index (κ2) is 10.4. The second-order valence-corrected chi connectivity index (χ2v) is 9.08. The van der Waals surface area contributed by atoms with Gasteiger partial charge in [0.05, 0.1) is 22.3 Å². The molecule has 0 atom stereocenters. The molecule has 174 valence electrons. The van der Waals surface area contributed by atoms with Crippen molar-refractivity contribution in [3.8, 4) is 0 Å². The van der Waals surface area contributed by atoms with Crippen molar-refractivity contribution < 1.29 is 18.0 Å². The second-order valence-electron chi connectivity index (χ2n) is 7.14. The number of H-pyrrole nitrogens is 1. The van der Waals surface area contributed by atoms with Crippen LogP contribution in [0.5, 0.6) is 0 Å². The fraction of sp³-hybridized carbons (Fsp3) is 0.273. The van der Waals surface area contributed by atoms with Gasteiger partial charge in [-0.15, -0.1) is 0 Å². The first-order valence-corrected chi connectivity index (χ1v) is 11.9. The van der Waals surface area contributed by atoms with E-state index in [9.17, 15) is 22.8 Å². The molecule has 3 rings (SSSR count). The summed E-state index contributed by atoms with van der Waals surface area (Å²) < 4.78 is 27.1. The standard InChI is InChI=1S/C22H25N5O5S/c1-3-27(4-2)33(31,32)16-7-8-19-17(12-16)18(13-21(29)26-19)22(30)24-11-9-20(28)25-15-6-5-10-23-14-15/h5-8,10,12-14H,3-4,9,11H2,1-2H3,(H,24,30)(H,25,28)(H,26,29). The number of nitrogens with zero attached hydrogens (tertiary/aromatic N) is 2. The Kier molecular flexibility index (Phi) is 7.56. The lowest BCUT2D eigenvalue weighted by molar-refractivity contribution is -0.116. The van der Waals surface area contributed by atoms with Gasteiger partial charge < -0.3 is 15.6 Å². The van der Waals surface area contributed by atoms with Crippen LogP contribution in [0.2, 0.25) is 0 Å². The van der Waals surface area contributed by atoms with Crippen molar-refractivity contribution in [3.05, 3.63) is 64.7 Å². The number of hydrogen-bond acceptors (Lipinski definition) is 6. The number of rotatable bonds is 9. The highest BCUT2D eigenvalue weighted by atomic mass is 32.2. The Balaban J connectivity index is 1.80. The maximum atomic E-state index is 12.9. The SMILES string of the molecule is CCN(CC)S(=O)(=O)c1ccc2[nH]c(=O)cc(C(=O)NCCC(=O)Nc3cccnc3)c2c1. The average molecular weight is 472 g/mol. The summed E-state index contributed by atoms with van der Waals surface area (Å²) >= 11 is 0. The van der Waals surface area contributed by atoms with E-state index in [1.54, 1.807) is 32.2 Å². The van der Waals surface area contributed by atoms with Gasteiger partial charge in [-0.25, -0.2) is 8.42 Å². The molecule has 33 heavy (non-hydrogen) atoms. The van der Waals surface area contributed by atoms with Gasteiger partial charge in [0.1, 0.15) is 0 Å². The Bertz CT molecular complexity index is 1320. The van der Waals surface area contributed by atoms with Crippen molar-refractivity contribution in [2.75, 3.05) is 25.0 Å². The molecule has 1 aromatic carbocycles. The number of amides is 2. The van der Waals surface area contributed by atoms with Crippen LogP contribution in [-0.4, -0.2) is 54.1 Å². The number of sulfonamides is 1. The molecule has 0 aliphatic heterocycles. The lowest BCUT2D eigenvalue weighted by atomic mass is 10.1. The Morgan fingerprint density at radius 2 is 1.88 bits per heavy atom. The van der Waals surface area contributed by atoms with E-state index in [1.165, 1.54) is 28.7 Å². The monoisotopic (exact) mass is 471 g/mol. The van der Waals surface area contributed by atoms with Gasteiger partial charge in [0.15, 0.2) is 0 Å². The molecule has 0 saturated heterocycles. The Morgan fingerprint density at radius 1 is 1.12 bits per heavy atom. The maximum Gasteiger partial charge on any atom is 0.252 e. The topological polar surface area (TPSA) is 141 Å². The van der Waals surface area contributed by atoms with Crippen LogP contribution in [0.3, 0.4) is 0 Å². The molecule has 0 aliphatic rings. The molecule has 10 nitrogen and oxygen atoms in total. The Morgan fingerprint density at radius 3 is 2.55 bits per heavy atom. The zero-order chi connectivity index (χ0) is 24.0. The normalized spacial score (nSPS) is 11.5. The van der Waals surface area contributed by atoms with E-state index in [-0.39, 0.29) is 29.3 Å². The summed E-state index contributed by atoms with van der Waals surface area (Å²) in [6.45, 7) is 4.11. The number of carbonyl (C=O) groups is 2. The van der Waals surface area contributed by atoms with Crippen LogP contribution in [0.25, 0.3) is 10.9 Å². The average Bonchev–Trinajstić information content (AvgIpc) is 2.79. The molecule has 0 aliphatic carbocycles. The highest BCUT2D eigenvalue weighted by Crippen LogP contribution is 2.22. The van der Waals surface area contributed by atoms with Crippen molar-refractivity contribution >= 4 is 38.4 Å². The predicted molar refractivity (Wildman–Crippen MR) is 124 cm³/mol. The molecule has 3 aromatic rings. The third-order valence-electron chi connectivity index (χ3n) is 4.99. The van der Waals surface area contributed by atoms with Crippen molar-refractivity contribution in [1.82, 2.24) is 19.6 Å². The van der Waals surface area contributed by atoms with Crippen LogP contribution in [0.4, 0.5) is 5.69 Å². The first-order valence-electron chi connectivity index (χ1n) is 10.4. The minimum Gasteiger partial charge on any atom is -0.351 e. The number of hydrogen-bond donors (Lipinski definition) is 3. The first-order chi connectivity index (χ1) is 15.8. The third-order valence-corrected chi connectivity index (χ3v) is 7.03. The molecule has 0 bridgehead atoms. The number of benzene rings is 1. The molecule has 0 fully saturated rings. The highest BCUT2D eigenvalue weighted by molar-refractivity contribution is 7.89. The molecular weight excluding hydrogens is 446 g/mol. The van der Waals surface area contributed by atoms with Crippen LogP contribution in [-0.2, 0) is 14.8 Å². The summed E-state index contributed by atoms with van der Waals surface area (Å²) in [6, 6.07) is 8.73. The molecule has 0 spiro atoms. The van der Waals surface area contributed by atoms with E-state index in [2.05, 4.69) is 20.6 Å². The summed E-state index contributed by atoms with van der Waals surface area (Å²) in [7, 11) is -3.75. The molecule has 0 saturated carbocycles. The Hall–Kier alpha value is -3.57. The summed E-state index contributed by atoms with van der Waals surface area (Å²) in [5.41, 5.74) is 0.399. The summed E-state index contributed by atoms with van der Waals surface area (Å²) in [5, 5.41) is 5.56. The molecule has 3 N–H and O–H groups in total. The molecule has 0 unspecified atom stereocenters. The smallest absolute Gasteiger partial charge is 0.252 e. The predicted octanol–water partition coefficient (Wildman–Crippen LogP) is 1.71. The molecule has 11 heteroatoms. The zero-order valence-electron chi connectivity index (χ0n) is 18.3. The number of nitrogens with one attached hydrogen (secondary N) is 3. The first kappa shape index (κ1) is 24.1. The largest absolute Gasteiger partial charge is 0.351 e. The van der Waals surface area contributed by atoms with Crippen LogP contribution < -0.4 is 16.2 Å². The van der Waals surface area contributed by atoms with Crippen molar-refractivity contribution in [3.63, 3.8) is 0 Å². The third kappa shape index (κ3) is 5.62. The summed E-state index contributed by atoms with van der Waals surface area (Å²) in [6.07, 6.45) is 3.09. The molecule has 0 radical (unpaired) electrons. The highest BCUT2D eigenvalue weighted by Gasteiger charge is 2.23. The van der Waals surface area contributed by atoms with Crippen molar-refractivity contribution in [2.24, 2.45) is 0 Å². The number of anilines is 1. The van der Waals surface area contributed by atoms with Gasteiger partial charge in [-0.3, -0.25) is 19.4 Å². The minimum atomic E-state index is -3.75. The van der Waals surface area contributed by atoms with Crippen LogP contribution >= 0.6 is 0 Å². The van der Waals surface area contributed by atoms with E-state index in [1.807, 2.05) is 0 Å². The van der Waals surface area contributed by atoms with E-state index >= 15 is 0 Å².